The highest BCUT2D eigenvalue weighted by molar-refractivity contribution is 5.78. The zero-order valence-corrected chi connectivity index (χ0v) is 8.32. The van der Waals surface area contributed by atoms with Crippen LogP contribution < -0.4 is 5.32 Å². The van der Waals surface area contributed by atoms with E-state index in [1.807, 2.05) is 0 Å². The van der Waals surface area contributed by atoms with Gasteiger partial charge in [-0.05, 0) is 13.8 Å². The summed E-state index contributed by atoms with van der Waals surface area (Å²) < 4.78 is 35.1. The highest BCUT2D eigenvalue weighted by Gasteiger charge is 2.26. The van der Waals surface area contributed by atoms with Crippen molar-refractivity contribution in [2.45, 2.75) is 20.0 Å². The molecule has 84 valence electrons. The molecule has 0 unspecified atom stereocenters. The number of hydrogen-bond acceptors (Lipinski definition) is 2. The topological polar surface area (TPSA) is 32.3 Å². The van der Waals surface area contributed by atoms with Crippen LogP contribution >= 0.6 is 0 Å². The second kappa shape index (κ2) is 5.85. The third kappa shape index (κ3) is 5.80. The Labute approximate surface area is 81.3 Å². The van der Waals surface area contributed by atoms with Crippen LogP contribution in [0, 0.1) is 0 Å². The number of hydrogen-bond donors (Lipinski definition) is 1. The van der Waals surface area contributed by atoms with Crippen molar-refractivity contribution >= 4 is 5.91 Å². The van der Waals surface area contributed by atoms with Crippen LogP contribution in [0.5, 0.6) is 0 Å². The van der Waals surface area contributed by atoms with Crippen LogP contribution in [0.15, 0.2) is 0 Å². The zero-order valence-electron chi connectivity index (χ0n) is 8.32. The summed E-state index contributed by atoms with van der Waals surface area (Å²) in [5, 5.41) is 2.06. The molecule has 3 nitrogen and oxygen atoms in total. The largest absolute Gasteiger partial charge is 0.401 e. The lowest BCUT2D eigenvalue weighted by molar-refractivity contribution is -0.133. The van der Waals surface area contributed by atoms with E-state index in [0.717, 1.165) is 0 Å². The normalized spacial score (nSPS) is 11.5. The molecule has 6 heteroatoms. The first-order chi connectivity index (χ1) is 6.40. The van der Waals surface area contributed by atoms with Gasteiger partial charge < -0.3 is 10.2 Å². The Bertz CT molecular complexity index is 178. The van der Waals surface area contributed by atoms with Crippen molar-refractivity contribution in [3.05, 3.63) is 0 Å². The average Bonchev–Trinajstić information content (AvgIpc) is 2.04. The Morgan fingerprint density at radius 3 is 2.14 bits per heavy atom. The second-order valence-electron chi connectivity index (χ2n) is 2.78. The summed E-state index contributed by atoms with van der Waals surface area (Å²) in [5.74, 6) is -0.306. The van der Waals surface area contributed by atoms with Crippen LogP contribution in [-0.2, 0) is 4.79 Å². The number of nitrogens with one attached hydrogen (secondary N) is 1. The van der Waals surface area contributed by atoms with Crippen LogP contribution in [0.3, 0.4) is 0 Å². The molecule has 14 heavy (non-hydrogen) atoms. The summed E-state index contributed by atoms with van der Waals surface area (Å²) in [6.45, 7) is 3.21. The van der Waals surface area contributed by atoms with Gasteiger partial charge in [-0.15, -0.1) is 0 Å². The standard InChI is InChI=1S/C8H15F3N2O/c1-3-13(4-2)7(14)5-12-6-8(9,10)11/h12H,3-6H2,1-2H3. The van der Waals surface area contributed by atoms with Gasteiger partial charge >= 0.3 is 6.18 Å². The number of nitrogens with zero attached hydrogens (tertiary/aromatic N) is 1. The molecule has 0 aromatic heterocycles. The van der Waals surface area contributed by atoms with Gasteiger partial charge in [0.05, 0.1) is 13.1 Å². The molecule has 0 aromatic carbocycles. The number of amides is 1. The summed E-state index contributed by atoms with van der Waals surface area (Å²) >= 11 is 0. The summed E-state index contributed by atoms with van der Waals surface area (Å²) in [4.78, 5) is 12.7. The minimum Gasteiger partial charge on any atom is -0.342 e. The lowest BCUT2D eigenvalue weighted by Gasteiger charge is -2.18. The Morgan fingerprint density at radius 2 is 1.79 bits per heavy atom. The number of halogens is 3. The molecule has 1 amide bonds. The first-order valence-electron chi connectivity index (χ1n) is 4.46. The molecular weight excluding hydrogens is 197 g/mol. The fourth-order valence-corrected chi connectivity index (χ4v) is 0.999. The SMILES string of the molecule is CCN(CC)C(=O)CNCC(F)(F)F. The molecule has 1 N–H and O–H groups in total. The quantitative estimate of drug-likeness (QED) is 0.737. The Morgan fingerprint density at radius 1 is 1.29 bits per heavy atom. The molecule has 0 radical (unpaired) electrons. The molecule has 0 rings (SSSR count). The molecule has 0 aliphatic rings. The predicted octanol–water partition coefficient (Wildman–Crippen LogP) is 1.01. The lowest BCUT2D eigenvalue weighted by atomic mass is 10.4. The number of alkyl halides is 3. The van der Waals surface area contributed by atoms with Gasteiger partial charge in [0, 0.05) is 13.1 Å². The number of rotatable bonds is 5. The van der Waals surface area contributed by atoms with E-state index in [1.165, 1.54) is 4.90 Å². The van der Waals surface area contributed by atoms with E-state index in [0.29, 0.717) is 13.1 Å². The average molecular weight is 212 g/mol. The van der Waals surface area contributed by atoms with Gasteiger partial charge in [-0.2, -0.15) is 13.2 Å². The molecule has 0 saturated heterocycles. The molecule has 0 bridgehead atoms. The molecule has 0 heterocycles. The van der Waals surface area contributed by atoms with Crippen molar-refractivity contribution < 1.29 is 18.0 Å². The van der Waals surface area contributed by atoms with Crippen LogP contribution in [0.2, 0.25) is 0 Å². The van der Waals surface area contributed by atoms with Crippen molar-refractivity contribution in [2.75, 3.05) is 26.2 Å². The third-order valence-electron chi connectivity index (χ3n) is 1.72. The van der Waals surface area contributed by atoms with Gasteiger partial charge in [0.15, 0.2) is 0 Å². The molecule has 0 aliphatic carbocycles. The van der Waals surface area contributed by atoms with Crippen LogP contribution in [0.4, 0.5) is 13.2 Å². The van der Waals surface area contributed by atoms with Gasteiger partial charge in [0.2, 0.25) is 5.91 Å². The Balaban J connectivity index is 3.74. The van der Waals surface area contributed by atoms with E-state index in [9.17, 15) is 18.0 Å². The maximum atomic E-state index is 11.7. The monoisotopic (exact) mass is 212 g/mol. The third-order valence-corrected chi connectivity index (χ3v) is 1.72. The van der Waals surface area contributed by atoms with E-state index in [1.54, 1.807) is 13.8 Å². The summed E-state index contributed by atoms with van der Waals surface area (Å²) in [6, 6.07) is 0. The highest BCUT2D eigenvalue weighted by atomic mass is 19.4. The molecule has 0 spiro atoms. The van der Waals surface area contributed by atoms with E-state index >= 15 is 0 Å². The van der Waals surface area contributed by atoms with E-state index < -0.39 is 12.7 Å². The van der Waals surface area contributed by atoms with Gasteiger partial charge in [-0.1, -0.05) is 0 Å². The first kappa shape index (κ1) is 13.2. The van der Waals surface area contributed by atoms with E-state index in [2.05, 4.69) is 5.32 Å². The summed E-state index contributed by atoms with van der Waals surface area (Å²) in [6.07, 6.45) is -4.26. The van der Waals surface area contributed by atoms with Crippen molar-refractivity contribution in [3.63, 3.8) is 0 Å². The van der Waals surface area contributed by atoms with Gasteiger partial charge in [0.1, 0.15) is 0 Å². The Hall–Kier alpha value is -0.780. The fraction of sp³-hybridized carbons (Fsp3) is 0.875. The van der Waals surface area contributed by atoms with Gasteiger partial charge in [-0.25, -0.2) is 0 Å². The molecular formula is C8H15F3N2O. The number of carbonyl (C=O) groups excluding carboxylic acids is 1. The molecule has 0 saturated carbocycles. The highest BCUT2D eigenvalue weighted by Crippen LogP contribution is 2.11. The van der Waals surface area contributed by atoms with Crippen molar-refractivity contribution in [3.8, 4) is 0 Å². The number of likely N-dealkylation sites (N-methyl/N-ethyl adjacent to an activating group) is 1. The molecule has 0 aromatic rings. The fourth-order valence-electron chi connectivity index (χ4n) is 0.999. The smallest absolute Gasteiger partial charge is 0.342 e. The lowest BCUT2D eigenvalue weighted by Crippen LogP contribution is -2.40. The van der Waals surface area contributed by atoms with Crippen molar-refractivity contribution in [2.24, 2.45) is 0 Å². The predicted molar refractivity (Wildman–Crippen MR) is 46.9 cm³/mol. The maximum absolute atomic E-state index is 11.7. The summed E-state index contributed by atoms with van der Waals surface area (Å²) in [7, 11) is 0. The van der Waals surface area contributed by atoms with Crippen molar-refractivity contribution in [1.82, 2.24) is 10.2 Å². The van der Waals surface area contributed by atoms with Crippen LogP contribution in [-0.4, -0.2) is 43.2 Å². The van der Waals surface area contributed by atoms with E-state index in [-0.39, 0.29) is 12.5 Å². The van der Waals surface area contributed by atoms with Crippen molar-refractivity contribution in [1.29, 1.82) is 0 Å². The minimum absolute atomic E-state index is 0.263. The van der Waals surface area contributed by atoms with Gasteiger partial charge in [0.25, 0.3) is 0 Å². The van der Waals surface area contributed by atoms with Crippen LogP contribution in [0.1, 0.15) is 13.8 Å². The summed E-state index contributed by atoms with van der Waals surface area (Å²) in [5.41, 5.74) is 0. The molecule has 0 fully saturated rings. The first-order valence-corrected chi connectivity index (χ1v) is 4.46. The van der Waals surface area contributed by atoms with Crippen LogP contribution in [0.25, 0.3) is 0 Å². The number of carbonyl (C=O) groups is 1. The second-order valence-corrected chi connectivity index (χ2v) is 2.78. The molecule has 0 aliphatic heterocycles. The minimum atomic E-state index is -4.26. The van der Waals surface area contributed by atoms with E-state index in [4.69, 9.17) is 0 Å². The van der Waals surface area contributed by atoms with Gasteiger partial charge in [-0.3, -0.25) is 4.79 Å². The zero-order chi connectivity index (χ0) is 11.2. The maximum Gasteiger partial charge on any atom is 0.401 e. The molecule has 0 atom stereocenters. The Kier molecular flexibility index (Phi) is 5.52.